The Morgan fingerprint density at radius 1 is 1.19 bits per heavy atom. The number of hydrogen-bond acceptors (Lipinski definition) is 3. The minimum absolute atomic E-state index is 0.211. The number of halogens is 2. The number of para-hydroxylation sites is 1. The molecule has 1 amide bonds. The number of benzene rings is 2. The van der Waals surface area contributed by atoms with Crippen molar-refractivity contribution in [3.63, 3.8) is 0 Å². The number of rotatable bonds is 4. The first-order chi connectivity index (χ1) is 10.1. The number of nitrogens with zero attached hydrogens (tertiary/aromatic N) is 1. The fourth-order valence-electron chi connectivity index (χ4n) is 1.58. The van der Waals surface area contributed by atoms with Crippen molar-refractivity contribution in [2.75, 3.05) is 11.9 Å². The first kappa shape index (κ1) is 15.2. The molecule has 106 valence electrons. The number of ether oxygens (including phenoxy) is 1. The van der Waals surface area contributed by atoms with E-state index < -0.39 is 0 Å². The number of anilines is 1. The summed E-state index contributed by atoms with van der Waals surface area (Å²) >= 11 is 11.9. The SMILES string of the molecule is N#Cc1ccc(OCC(=O)Nc2ccccc2Cl)c(Cl)c1. The molecule has 21 heavy (non-hydrogen) atoms. The molecule has 2 aromatic rings. The second kappa shape index (κ2) is 6.98. The molecular formula is C15H10Cl2N2O2. The molecule has 4 nitrogen and oxygen atoms in total. The lowest BCUT2D eigenvalue weighted by Gasteiger charge is -2.09. The Bertz CT molecular complexity index is 711. The van der Waals surface area contributed by atoms with E-state index in [2.05, 4.69) is 5.32 Å². The summed E-state index contributed by atoms with van der Waals surface area (Å²) in [6.45, 7) is -0.211. The lowest BCUT2D eigenvalue weighted by Crippen LogP contribution is -2.20. The molecule has 0 heterocycles. The van der Waals surface area contributed by atoms with Crippen molar-refractivity contribution < 1.29 is 9.53 Å². The van der Waals surface area contributed by atoms with Crippen LogP contribution in [0.5, 0.6) is 5.75 Å². The Hall–Kier alpha value is -2.22. The second-order valence-corrected chi connectivity index (χ2v) is 4.89. The maximum Gasteiger partial charge on any atom is 0.262 e. The van der Waals surface area contributed by atoms with Crippen molar-refractivity contribution in [3.8, 4) is 11.8 Å². The molecule has 0 saturated carbocycles. The van der Waals surface area contributed by atoms with E-state index in [-0.39, 0.29) is 17.5 Å². The van der Waals surface area contributed by atoms with Crippen molar-refractivity contribution in [3.05, 3.63) is 58.1 Å². The van der Waals surface area contributed by atoms with Crippen molar-refractivity contribution in [1.29, 1.82) is 5.26 Å². The van der Waals surface area contributed by atoms with Crippen LogP contribution < -0.4 is 10.1 Å². The van der Waals surface area contributed by atoms with Crippen molar-refractivity contribution in [2.24, 2.45) is 0 Å². The summed E-state index contributed by atoms with van der Waals surface area (Å²) < 4.78 is 5.31. The first-order valence-electron chi connectivity index (χ1n) is 5.97. The Kier molecular flexibility index (Phi) is 5.04. The Balaban J connectivity index is 1.96. The minimum atomic E-state index is -0.358. The highest BCUT2D eigenvalue weighted by molar-refractivity contribution is 6.33. The molecule has 0 saturated heterocycles. The molecule has 1 N–H and O–H groups in total. The van der Waals surface area contributed by atoms with Gasteiger partial charge in [0, 0.05) is 0 Å². The lowest BCUT2D eigenvalue weighted by atomic mass is 10.2. The van der Waals surface area contributed by atoms with Crippen LogP contribution in [0, 0.1) is 11.3 Å². The van der Waals surface area contributed by atoms with Crippen LogP contribution in [-0.4, -0.2) is 12.5 Å². The molecule has 6 heteroatoms. The predicted molar refractivity (Wildman–Crippen MR) is 81.7 cm³/mol. The number of carbonyl (C=O) groups excluding carboxylic acids is 1. The average Bonchev–Trinajstić information content (AvgIpc) is 2.48. The molecule has 0 aliphatic carbocycles. The van der Waals surface area contributed by atoms with E-state index in [0.29, 0.717) is 22.0 Å². The molecule has 0 fully saturated rings. The van der Waals surface area contributed by atoms with E-state index in [9.17, 15) is 4.79 Å². The summed E-state index contributed by atoms with van der Waals surface area (Å²) in [5.74, 6) is -0.0199. The van der Waals surface area contributed by atoms with Gasteiger partial charge in [-0.2, -0.15) is 5.26 Å². The summed E-state index contributed by atoms with van der Waals surface area (Å²) in [6.07, 6.45) is 0. The third kappa shape index (κ3) is 4.12. The largest absolute Gasteiger partial charge is 0.482 e. The van der Waals surface area contributed by atoms with E-state index in [1.807, 2.05) is 6.07 Å². The van der Waals surface area contributed by atoms with E-state index >= 15 is 0 Å². The van der Waals surface area contributed by atoms with E-state index in [4.69, 9.17) is 33.2 Å². The third-order valence-electron chi connectivity index (χ3n) is 2.57. The van der Waals surface area contributed by atoms with Crippen LogP contribution >= 0.6 is 23.2 Å². The maximum absolute atomic E-state index is 11.8. The van der Waals surface area contributed by atoms with Crippen LogP contribution in [0.4, 0.5) is 5.69 Å². The smallest absolute Gasteiger partial charge is 0.262 e. The van der Waals surface area contributed by atoms with Gasteiger partial charge in [-0.1, -0.05) is 35.3 Å². The Morgan fingerprint density at radius 2 is 1.95 bits per heavy atom. The standard InChI is InChI=1S/C15H10Cl2N2O2/c16-11-3-1-2-4-13(11)19-15(20)9-21-14-6-5-10(8-18)7-12(14)17/h1-7H,9H2,(H,19,20). The third-order valence-corrected chi connectivity index (χ3v) is 3.19. The van der Waals surface area contributed by atoms with Crippen LogP contribution in [0.3, 0.4) is 0 Å². The monoisotopic (exact) mass is 320 g/mol. The molecule has 0 unspecified atom stereocenters. The molecule has 0 spiro atoms. The van der Waals surface area contributed by atoms with Gasteiger partial charge < -0.3 is 10.1 Å². The summed E-state index contributed by atoms with van der Waals surface area (Å²) in [7, 11) is 0. The molecule has 2 aromatic carbocycles. The van der Waals surface area contributed by atoms with Crippen molar-refractivity contribution in [1.82, 2.24) is 0 Å². The Labute approximate surface area is 131 Å². The van der Waals surface area contributed by atoms with Crippen molar-refractivity contribution in [2.45, 2.75) is 0 Å². The molecule has 0 aromatic heterocycles. The number of amides is 1. The number of hydrogen-bond donors (Lipinski definition) is 1. The zero-order valence-electron chi connectivity index (χ0n) is 10.8. The highest BCUT2D eigenvalue weighted by atomic mass is 35.5. The van der Waals surface area contributed by atoms with E-state index in [1.165, 1.54) is 6.07 Å². The molecule has 0 aliphatic rings. The highest BCUT2D eigenvalue weighted by Crippen LogP contribution is 2.25. The number of nitrogens with one attached hydrogen (secondary N) is 1. The van der Waals surface area contributed by atoms with Gasteiger partial charge >= 0.3 is 0 Å². The van der Waals surface area contributed by atoms with E-state index in [1.54, 1.807) is 36.4 Å². The van der Waals surface area contributed by atoms with Gasteiger partial charge in [0.1, 0.15) is 5.75 Å². The molecule has 0 atom stereocenters. The van der Waals surface area contributed by atoms with Gasteiger partial charge in [0.05, 0.1) is 27.4 Å². The van der Waals surface area contributed by atoms with Crippen LogP contribution in [-0.2, 0) is 4.79 Å². The van der Waals surface area contributed by atoms with Gasteiger partial charge in [-0.05, 0) is 30.3 Å². The van der Waals surface area contributed by atoms with Gasteiger partial charge in [0.25, 0.3) is 5.91 Å². The fourth-order valence-corrected chi connectivity index (χ4v) is 2.00. The van der Waals surface area contributed by atoms with Gasteiger partial charge in [0.15, 0.2) is 6.61 Å². The lowest BCUT2D eigenvalue weighted by molar-refractivity contribution is -0.118. The maximum atomic E-state index is 11.8. The topological polar surface area (TPSA) is 62.1 Å². The van der Waals surface area contributed by atoms with Crippen LogP contribution in [0.25, 0.3) is 0 Å². The molecule has 0 radical (unpaired) electrons. The first-order valence-corrected chi connectivity index (χ1v) is 6.72. The average molecular weight is 321 g/mol. The van der Waals surface area contributed by atoms with Crippen LogP contribution in [0.1, 0.15) is 5.56 Å². The predicted octanol–water partition coefficient (Wildman–Crippen LogP) is 3.88. The van der Waals surface area contributed by atoms with Gasteiger partial charge in [-0.15, -0.1) is 0 Å². The molecule has 2 rings (SSSR count). The minimum Gasteiger partial charge on any atom is -0.482 e. The van der Waals surface area contributed by atoms with Gasteiger partial charge in [-0.25, -0.2) is 0 Å². The summed E-state index contributed by atoms with van der Waals surface area (Å²) in [5, 5.41) is 12.1. The molecular weight excluding hydrogens is 311 g/mol. The second-order valence-electron chi connectivity index (χ2n) is 4.07. The summed E-state index contributed by atoms with van der Waals surface area (Å²) in [6, 6.07) is 13.4. The van der Waals surface area contributed by atoms with Crippen LogP contribution in [0.2, 0.25) is 10.0 Å². The Morgan fingerprint density at radius 3 is 2.62 bits per heavy atom. The number of nitriles is 1. The highest BCUT2D eigenvalue weighted by Gasteiger charge is 2.08. The summed E-state index contributed by atoms with van der Waals surface area (Å²) in [5.41, 5.74) is 0.937. The van der Waals surface area contributed by atoms with Gasteiger partial charge in [-0.3, -0.25) is 4.79 Å². The number of carbonyl (C=O) groups is 1. The zero-order valence-corrected chi connectivity index (χ0v) is 12.3. The summed E-state index contributed by atoms with van der Waals surface area (Å²) in [4.78, 5) is 11.8. The van der Waals surface area contributed by atoms with E-state index in [0.717, 1.165) is 0 Å². The quantitative estimate of drug-likeness (QED) is 0.929. The zero-order chi connectivity index (χ0) is 15.2. The molecule has 0 aliphatic heterocycles. The van der Waals surface area contributed by atoms with Gasteiger partial charge in [0.2, 0.25) is 0 Å². The normalized spacial score (nSPS) is 9.76. The van der Waals surface area contributed by atoms with Crippen molar-refractivity contribution >= 4 is 34.8 Å². The molecule has 0 bridgehead atoms. The fraction of sp³-hybridized carbons (Fsp3) is 0.0667. The van der Waals surface area contributed by atoms with Crippen LogP contribution in [0.15, 0.2) is 42.5 Å².